The molecule has 0 radical (unpaired) electrons. The van der Waals surface area contributed by atoms with Gasteiger partial charge in [-0.1, -0.05) is 55.1 Å². The van der Waals surface area contributed by atoms with Crippen LogP contribution in [0.5, 0.6) is 0 Å². The van der Waals surface area contributed by atoms with Crippen LogP contribution in [0, 0.1) is 11.8 Å². The van der Waals surface area contributed by atoms with Crippen LogP contribution in [-0.4, -0.2) is 33.5 Å². The van der Waals surface area contributed by atoms with E-state index >= 15 is 0 Å². The van der Waals surface area contributed by atoms with Crippen LogP contribution < -0.4 is 0 Å². The molecule has 0 amide bonds. The van der Waals surface area contributed by atoms with Gasteiger partial charge in [0.1, 0.15) is 0 Å². The highest BCUT2D eigenvalue weighted by molar-refractivity contribution is 6.30. The number of unbranched alkanes of at least 4 members (excludes halogenated alkanes) is 3. The van der Waals surface area contributed by atoms with Gasteiger partial charge in [0.15, 0.2) is 0 Å². The number of benzene rings is 1. The fraction of sp³-hybridized carbons (Fsp3) is 0.591. The molecule has 1 aromatic carbocycles. The van der Waals surface area contributed by atoms with Crippen LogP contribution >= 0.6 is 11.6 Å². The predicted molar refractivity (Wildman–Crippen MR) is 108 cm³/mol. The first-order valence-corrected chi connectivity index (χ1v) is 10.3. The first-order valence-electron chi connectivity index (χ1n) is 9.96. The summed E-state index contributed by atoms with van der Waals surface area (Å²) in [7, 11) is 0. The molecule has 27 heavy (non-hydrogen) atoms. The first kappa shape index (κ1) is 21.9. The normalized spacial score (nSPS) is 23.7. The summed E-state index contributed by atoms with van der Waals surface area (Å²) >= 11 is 5.88. The summed E-state index contributed by atoms with van der Waals surface area (Å²) in [5.74, 6) is -0.189. The number of allylic oxidation sites excluding steroid dienone is 1. The lowest BCUT2D eigenvalue weighted by molar-refractivity contribution is -0.137. The van der Waals surface area contributed by atoms with Crippen molar-refractivity contribution in [2.24, 2.45) is 11.8 Å². The van der Waals surface area contributed by atoms with Crippen LogP contribution in [-0.2, 0) is 11.2 Å². The zero-order chi connectivity index (χ0) is 19.6. The average molecular weight is 395 g/mol. The van der Waals surface area contributed by atoms with Gasteiger partial charge in [-0.15, -0.1) is 0 Å². The van der Waals surface area contributed by atoms with E-state index in [9.17, 15) is 15.0 Å². The van der Waals surface area contributed by atoms with Gasteiger partial charge in [0, 0.05) is 17.9 Å². The number of carbonyl (C=O) groups is 1. The number of hydrogen-bond donors (Lipinski definition) is 3. The van der Waals surface area contributed by atoms with Crippen molar-refractivity contribution in [1.82, 2.24) is 0 Å². The van der Waals surface area contributed by atoms with E-state index in [4.69, 9.17) is 16.7 Å². The highest BCUT2D eigenvalue weighted by Crippen LogP contribution is 2.36. The van der Waals surface area contributed by atoms with Crippen LogP contribution in [0.2, 0.25) is 5.02 Å². The van der Waals surface area contributed by atoms with Crippen molar-refractivity contribution in [2.45, 2.75) is 70.0 Å². The Morgan fingerprint density at radius 1 is 1.15 bits per heavy atom. The molecule has 1 saturated carbocycles. The number of aliphatic hydroxyl groups is 2. The lowest BCUT2D eigenvalue weighted by Crippen LogP contribution is -2.18. The molecule has 0 spiro atoms. The largest absolute Gasteiger partial charge is 0.481 e. The summed E-state index contributed by atoms with van der Waals surface area (Å²) < 4.78 is 0. The van der Waals surface area contributed by atoms with Gasteiger partial charge in [0.25, 0.3) is 0 Å². The second-order valence-corrected chi connectivity index (χ2v) is 8.04. The molecule has 1 aliphatic carbocycles. The molecule has 0 aromatic heterocycles. The highest BCUT2D eigenvalue weighted by Gasteiger charge is 2.32. The molecule has 1 unspecified atom stereocenters. The SMILES string of the molecule is O=C(O)CCCCCCC1[C@@H](O)CC[C@@H]1/C=C/[C@@H](O)Cc1ccc(Cl)cc1. The fourth-order valence-corrected chi connectivity index (χ4v) is 4.06. The molecule has 150 valence electrons. The van der Waals surface area contributed by atoms with Crippen molar-refractivity contribution in [3.8, 4) is 0 Å². The molecule has 0 heterocycles. The zero-order valence-corrected chi connectivity index (χ0v) is 16.5. The maximum absolute atomic E-state index is 10.5. The standard InChI is InChI=1S/C22H31ClO4/c23-18-11-7-16(8-12-18)15-19(24)13-9-17-10-14-21(25)20(17)5-3-1-2-4-6-22(26)27/h7-9,11-13,17,19-21,24-25H,1-6,10,14-15H2,(H,26,27)/b13-9+/t17-,19+,20?,21-/m0/s1. The molecule has 2 rings (SSSR count). The van der Waals surface area contributed by atoms with E-state index < -0.39 is 12.1 Å². The van der Waals surface area contributed by atoms with Gasteiger partial charge in [-0.25, -0.2) is 0 Å². The monoisotopic (exact) mass is 394 g/mol. The fourth-order valence-electron chi connectivity index (χ4n) is 3.93. The third-order valence-electron chi connectivity index (χ3n) is 5.46. The number of rotatable bonds is 11. The second-order valence-electron chi connectivity index (χ2n) is 7.60. The molecule has 5 heteroatoms. The molecule has 4 nitrogen and oxygen atoms in total. The van der Waals surface area contributed by atoms with E-state index in [1.807, 2.05) is 30.3 Å². The minimum atomic E-state index is -0.733. The smallest absolute Gasteiger partial charge is 0.303 e. The molecular formula is C22H31ClO4. The van der Waals surface area contributed by atoms with Gasteiger partial charge in [0.2, 0.25) is 0 Å². The van der Waals surface area contributed by atoms with E-state index in [0.29, 0.717) is 17.4 Å². The number of aliphatic hydroxyl groups excluding tert-OH is 2. The first-order chi connectivity index (χ1) is 13.0. The van der Waals surface area contributed by atoms with Crippen LogP contribution in [0.3, 0.4) is 0 Å². The van der Waals surface area contributed by atoms with E-state index in [2.05, 4.69) is 6.08 Å². The summed E-state index contributed by atoms with van der Waals surface area (Å²) in [5, 5.41) is 29.9. The summed E-state index contributed by atoms with van der Waals surface area (Å²) in [6.45, 7) is 0. The van der Waals surface area contributed by atoms with Crippen LogP contribution in [0.25, 0.3) is 0 Å². The number of aliphatic carboxylic acids is 1. The van der Waals surface area contributed by atoms with E-state index in [0.717, 1.165) is 50.5 Å². The molecule has 0 aliphatic heterocycles. The maximum atomic E-state index is 10.5. The van der Waals surface area contributed by atoms with Crippen LogP contribution in [0.15, 0.2) is 36.4 Å². The Hall–Kier alpha value is -1.36. The summed E-state index contributed by atoms with van der Waals surface area (Å²) in [6.07, 6.45) is 10.3. The molecule has 0 saturated heterocycles. The summed E-state index contributed by atoms with van der Waals surface area (Å²) in [6, 6.07) is 7.50. The van der Waals surface area contributed by atoms with Crippen molar-refractivity contribution in [2.75, 3.05) is 0 Å². The third kappa shape index (κ3) is 8.04. The Balaban J connectivity index is 1.75. The van der Waals surface area contributed by atoms with Gasteiger partial charge in [-0.3, -0.25) is 4.79 Å². The van der Waals surface area contributed by atoms with E-state index in [1.54, 1.807) is 0 Å². The second kappa shape index (κ2) is 11.5. The molecule has 1 fully saturated rings. The third-order valence-corrected chi connectivity index (χ3v) is 5.71. The van der Waals surface area contributed by atoms with Gasteiger partial charge in [-0.05, 0) is 55.2 Å². The lowest BCUT2D eigenvalue weighted by atomic mass is 9.88. The summed E-state index contributed by atoms with van der Waals surface area (Å²) in [5.41, 5.74) is 1.04. The summed E-state index contributed by atoms with van der Waals surface area (Å²) in [4.78, 5) is 10.5. The highest BCUT2D eigenvalue weighted by atomic mass is 35.5. The van der Waals surface area contributed by atoms with Crippen LogP contribution in [0.4, 0.5) is 0 Å². The van der Waals surface area contributed by atoms with Crippen molar-refractivity contribution >= 4 is 17.6 Å². The maximum Gasteiger partial charge on any atom is 0.303 e. The zero-order valence-electron chi connectivity index (χ0n) is 15.8. The van der Waals surface area contributed by atoms with Gasteiger partial charge in [-0.2, -0.15) is 0 Å². The van der Waals surface area contributed by atoms with Gasteiger partial charge >= 0.3 is 5.97 Å². The van der Waals surface area contributed by atoms with Gasteiger partial charge in [0.05, 0.1) is 12.2 Å². The quantitative estimate of drug-likeness (QED) is 0.378. The Morgan fingerprint density at radius 3 is 2.56 bits per heavy atom. The topological polar surface area (TPSA) is 77.8 Å². The Labute approximate surface area is 166 Å². The number of hydrogen-bond acceptors (Lipinski definition) is 3. The molecule has 0 bridgehead atoms. The number of halogens is 1. The van der Waals surface area contributed by atoms with Crippen molar-refractivity contribution in [1.29, 1.82) is 0 Å². The minimum absolute atomic E-state index is 0.239. The predicted octanol–water partition coefficient (Wildman–Crippen LogP) is 4.61. The Morgan fingerprint density at radius 2 is 1.85 bits per heavy atom. The van der Waals surface area contributed by atoms with Crippen LogP contribution in [0.1, 0.15) is 56.9 Å². The lowest BCUT2D eigenvalue weighted by Gasteiger charge is -2.20. The molecule has 1 aliphatic rings. The molecule has 1 aromatic rings. The van der Waals surface area contributed by atoms with Crippen molar-refractivity contribution in [3.63, 3.8) is 0 Å². The Kier molecular flexibility index (Phi) is 9.32. The number of carboxylic acid groups (broad SMARTS) is 1. The number of carboxylic acids is 1. The van der Waals surface area contributed by atoms with Crippen molar-refractivity contribution in [3.05, 3.63) is 47.0 Å². The molecular weight excluding hydrogens is 364 g/mol. The average Bonchev–Trinajstić information content (AvgIpc) is 2.98. The van der Waals surface area contributed by atoms with E-state index in [-0.39, 0.29) is 18.4 Å². The van der Waals surface area contributed by atoms with Gasteiger partial charge < -0.3 is 15.3 Å². The van der Waals surface area contributed by atoms with Crippen molar-refractivity contribution < 1.29 is 20.1 Å². The Bertz CT molecular complexity index is 599. The minimum Gasteiger partial charge on any atom is -0.481 e. The molecule has 4 atom stereocenters. The molecule has 3 N–H and O–H groups in total. The van der Waals surface area contributed by atoms with E-state index in [1.165, 1.54) is 0 Å².